The van der Waals surface area contributed by atoms with Gasteiger partial charge in [0.2, 0.25) is 5.62 Å². The summed E-state index contributed by atoms with van der Waals surface area (Å²) in [4.78, 5) is 9.55. The molecule has 7 heavy (non-hydrogen) atoms. The molecular weight excluding hydrogens is 112 g/mol. The lowest BCUT2D eigenvalue weighted by Gasteiger charge is -1.97. The van der Waals surface area contributed by atoms with Gasteiger partial charge in [-0.2, -0.15) is 0 Å². The van der Waals surface area contributed by atoms with Crippen molar-refractivity contribution in [1.82, 2.24) is 0 Å². The maximum absolute atomic E-state index is 9.55. The molecule has 0 heterocycles. The van der Waals surface area contributed by atoms with Crippen LogP contribution in [0.1, 0.15) is 13.8 Å². The molecule has 0 N–H and O–H groups in total. The topological polar surface area (TPSA) is 26.3 Å². The van der Waals surface area contributed by atoms with Crippen molar-refractivity contribution in [3.05, 3.63) is 0 Å². The zero-order chi connectivity index (χ0) is 5.70. The quantitative estimate of drug-likeness (QED) is 0.414. The summed E-state index contributed by atoms with van der Waals surface area (Å²) >= 11 is 0.836. The van der Waals surface area contributed by atoms with Gasteiger partial charge in [0.25, 0.3) is 0 Å². The minimum atomic E-state index is 0.134. The van der Waals surface area contributed by atoms with Gasteiger partial charge in [0, 0.05) is 0 Å². The third kappa shape index (κ3) is 5.98. The Morgan fingerprint density at radius 3 is 2.43 bits per heavy atom. The summed E-state index contributed by atoms with van der Waals surface area (Å²) in [5.41, 5.74) is 0.667. The number of hydrogen-bond donors (Lipinski definition) is 0. The van der Waals surface area contributed by atoms with Crippen LogP contribution in [0.4, 0.5) is 0 Å². The maximum Gasteiger partial charge on any atom is 0.202 e. The number of hydrogen-bond acceptors (Lipinski definition) is 3. The van der Waals surface area contributed by atoms with E-state index in [0.29, 0.717) is 5.62 Å². The molecule has 0 aliphatic heterocycles. The molecule has 0 aliphatic rings. The van der Waals surface area contributed by atoms with Crippen molar-refractivity contribution in [1.29, 1.82) is 0 Å². The van der Waals surface area contributed by atoms with E-state index in [4.69, 9.17) is 4.18 Å². The summed E-state index contributed by atoms with van der Waals surface area (Å²) in [5, 5.41) is 0. The van der Waals surface area contributed by atoms with E-state index in [-0.39, 0.29) is 6.10 Å². The fourth-order valence-corrected chi connectivity index (χ4v) is 0.401. The normalized spacial score (nSPS) is 9.57. The fraction of sp³-hybridized carbons (Fsp3) is 0.750. The van der Waals surface area contributed by atoms with Crippen LogP contribution in [-0.2, 0) is 8.98 Å². The van der Waals surface area contributed by atoms with Crippen molar-refractivity contribution in [3.63, 3.8) is 0 Å². The van der Waals surface area contributed by atoms with Crippen LogP contribution in [0.15, 0.2) is 0 Å². The molecule has 0 saturated heterocycles. The zero-order valence-corrected chi connectivity index (χ0v) is 5.20. The minimum Gasteiger partial charge on any atom is -0.305 e. The van der Waals surface area contributed by atoms with Gasteiger partial charge in [-0.1, -0.05) is 0 Å². The van der Waals surface area contributed by atoms with Crippen molar-refractivity contribution in [2.45, 2.75) is 20.0 Å². The summed E-state index contributed by atoms with van der Waals surface area (Å²) in [6, 6.07) is 0. The van der Waals surface area contributed by atoms with E-state index in [1.807, 2.05) is 13.8 Å². The molecule has 0 aromatic rings. The molecule has 0 saturated carbocycles. The summed E-state index contributed by atoms with van der Waals surface area (Å²) in [7, 11) is 0. The monoisotopic (exact) mass is 120 g/mol. The van der Waals surface area contributed by atoms with Gasteiger partial charge in [0.05, 0.1) is 18.1 Å². The van der Waals surface area contributed by atoms with Crippen LogP contribution in [0, 0.1) is 0 Å². The van der Waals surface area contributed by atoms with Crippen molar-refractivity contribution in [3.8, 4) is 0 Å². The van der Waals surface area contributed by atoms with Gasteiger partial charge in [-0.3, -0.25) is 4.79 Å². The second-order valence-corrected chi connectivity index (χ2v) is 1.91. The second kappa shape index (κ2) is 4.15. The predicted octanol–water partition coefficient (Wildman–Crippen LogP) is 1.25. The minimum absolute atomic E-state index is 0.134. The van der Waals surface area contributed by atoms with Gasteiger partial charge in [-0.15, -0.1) is 0 Å². The van der Waals surface area contributed by atoms with E-state index in [0.717, 1.165) is 12.0 Å². The van der Waals surface area contributed by atoms with E-state index >= 15 is 0 Å². The summed E-state index contributed by atoms with van der Waals surface area (Å²) < 4.78 is 4.74. The Hall–Kier alpha value is -0.0200. The van der Waals surface area contributed by atoms with Gasteiger partial charge >= 0.3 is 0 Å². The van der Waals surface area contributed by atoms with E-state index in [2.05, 4.69) is 0 Å². The fourth-order valence-electron chi connectivity index (χ4n) is 0.134. The standard InChI is InChI=1S/C4H8O2S/c1-4(2)6-7-3-5/h3-4H,1-2H3. The van der Waals surface area contributed by atoms with Crippen molar-refractivity contribution in [2.24, 2.45) is 0 Å². The highest BCUT2D eigenvalue weighted by molar-refractivity contribution is 8.07. The molecule has 42 valence electrons. The first-order valence-electron chi connectivity index (χ1n) is 2.03. The third-order valence-electron chi connectivity index (χ3n) is 0.287. The Morgan fingerprint density at radius 1 is 1.71 bits per heavy atom. The maximum atomic E-state index is 9.55. The molecule has 0 unspecified atom stereocenters. The molecule has 0 bridgehead atoms. The second-order valence-electron chi connectivity index (χ2n) is 1.34. The van der Waals surface area contributed by atoms with E-state index < -0.39 is 0 Å². The molecule has 0 aromatic heterocycles. The van der Waals surface area contributed by atoms with Crippen LogP contribution in [-0.4, -0.2) is 11.7 Å². The van der Waals surface area contributed by atoms with Crippen molar-refractivity contribution >= 4 is 17.7 Å². The summed E-state index contributed by atoms with van der Waals surface area (Å²) in [6.07, 6.45) is 0.134. The lowest BCUT2D eigenvalue weighted by molar-refractivity contribution is 0.292. The number of carbonyl (C=O) groups is 1. The molecule has 0 aromatic carbocycles. The lowest BCUT2D eigenvalue weighted by atomic mass is 10.5. The smallest absolute Gasteiger partial charge is 0.202 e. The molecule has 0 rings (SSSR count). The van der Waals surface area contributed by atoms with Crippen molar-refractivity contribution < 1.29 is 8.98 Å². The third-order valence-corrected chi connectivity index (χ3v) is 0.862. The Labute approximate surface area is 47.4 Å². The highest BCUT2D eigenvalue weighted by Crippen LogP contribution is 2.00. The van der Waals surface area contributed by atoms with Gasteiger partial charge in [-0.25, -0.2) is 0 Å². The molecule has 2 nitrogen and oxygen atoms in total. The number of carbonyl (C=O) groups excluding carboxylic acids is 1. The molecule has 0 aliphatic carbocycles. The summed E-state index contributed by atoms with van der Waals surface area (Å²) in [6.45, 7) is 3.74. The van der Waals surface area contributed by atoms with Crippen LogP contribution in [0.3, 0.4) is 0 Å². The highest BCUT2D eigenvalue weighted by atomic mass is 32.2. The van der Waals surface area contributed by atoms with E-state index in [1.165, 1.54) is 0 Å². The van der Waals surface area contributed by atoms with Crippen LogP contribution >= 0.6 is 12.0 Å². The molecule has 0 atom stereocenters. The first kappa shape index (κ1) is 6.98. The van der Waals surface area contributed by atoms with Crippen LogP contribution in [0.2, 0.25) is 0 Å². The number of rotatable bonds is 3. The zero-order valence-electron chi connectivity index (χ0n) is 4.38. The van der Waals surface area contributed by atoms with Gasteiger partial charge in [0.1, 0.15) is 0 Å². The van der Waals surface area contributed by atoms with Gasteiger partial charge in [-0.05, 0) is 13.8 Å². The Balaban J connectivity index is 2.81. The first-order valence-corrected chi connectivity index (χ1v) is 2.83. The highest BCUT2D eigenvalue weighted by Gasteiger charge is 1.88. The largest absolute Gasteiger partial charge is 0.305 e. The van der Waals surface area contributed by atoms with Crippen LogP contribution in [0.5, 0.6) is 0 Å². The molecule has 3 heteroatoms. The average Bonchev–Trinajstić information content (AvgIpc) is 1.61. The van der Waals surface area contributed by atoms with Gasteiger partial charge in [0.15, 0.2) is 0 Å². The Kier molecular flexibility index (Phi) is 4.14. The lowest BCUT2D eigenvalue weighted by Crippen LogP contribution is -1.93. The Bertz CT molecular complexity index is 53.7. The summed E-state index contributed by atoms with van der Waals surface area (Å²) in [5.74, 6) is 0. The van der Waals surface area contributed by atoms with Crippen LogP contribution in [0.25, 0.3) is 0 Å². The molecule has 0 fully saturated rings. The van der Waals surface area contributed by atoms with Crippen molar-refractivity contribution in [2.75, 3.05) is 0 Å². The SMILES string of the molecule is CC(C)OSC=O. The molecule has 0 radical (unpaired) electrons. The average molecular weight is 120 g/mol. The van der Waals surface area contributed by atoms with Crippen LogP contribution < -0.4 is 0 Å². The molecule has 0 amide bonds. The predicted molar refractivity (Wildman–Crippen MR) is 30.6 cm³/mol. The Morgan fingerprint density at radius 2 is 2.29 bits per heavy atom. The van der Waals surface area contributed by atoms with Gasteiger partial charge < -0.3 is 4.18 Å². The first-order chi connectivity index (χ1) is 3.27. The molecular formula is C4H8O2S. The van der Waals surface area contributed by atoms with E-state index in [1.54, 1.807) is 0 Å². The molecule has 0 spiro atoms. The van der Waals surface area contributed by atoms with E-state index in [9.17, 15) is 4.79 Å².